The first kappa shape index (κ1) is 19.4. The third-order valence-electron chi connectivity index (χ3n) is 4.47. The Hall–Kier alpha value is -4.36. The smallest absolute Gasteiger partial charge is 0.292 e. The summed E-state index contributed by atoms with van der Waals surface area (Å²) in [6.07, 6.45) is 0. The SMILES string of the molecule is Cc1ccc(C#N)c(Oc2ccc([N+](=O)[O-])c(Nc3ccc(C#N)cc3)c2)c1C. The number of nitrogens with zero attached hydrogens (tertiary/aromatic N) is 3. The summed E-state index contributed by atoms with van der Waals surface area (Å²) in [6.45, 7) is 3.77. The predicted octanol–water partition coefficient (Wildman–Crippen LogP) is 5.49. The van der Waals surface area contributed by atoms with Gasteiger partial charge in [0, 0.05) is 17.8 Å². The number of hydrogen-bond acceptors (Lipinski definition) is 6. The summed E-state index contributed by atoms with van der Waals surface area (Å²) >= 11 is 0. The van der Waals surface area contributed by atoms with E-state index in [2.05, 4.69) is 11.4 Å². The van der Waals surface area contributed by atoms with Crippen molar-refractivity contribution in [3.63, 3.8) is 0 Å². The second kappa shape index (κ2) is 8.12. The van der Waals surface area contributed by atoms with E-state index in [0.717, 1.165) is 11.1 Å². The fraction of sp³-hybridized carbons (Fsp3) is 0.0909. The van der Waals surface area contributed by atoms with Gasteiger partial charge in [-0.05, 0) is 61.4 Å². The summed E-state index contributed by atoms with van der Waals surface area (Å²) in [7, 11) is 0. The minimum Gasteiger partial charge on any atom is -0.456 e. The topological polar surface area (TPSA) is 112 Å². The number of nitriles is 2. The molecule has 3 aromatic carbocycles. The number of anilines is 2. The van der Waals surface area contributed by atoms with Crippen LogP contribution in [0.3, 0.4) is 0 Å². The van der Waals surface area contributed by atoms with E-state index in [9.17, 15) is 15.4 Å². The Morgan fingerprint density at radius 2 is 1.72 bits per heavy atom. The molecule has 0 aromatic heterocycles. The zero-order chi connectivity index (χ0) is 21.0. The third-order valence-corrected chi connectivity index (χ3v) is 4.47. The number of aryl methyl sites for hydroxylation is 1. The van der Waals surface area contributed by atoms with Gasteiger partial charge in [0.2, 0.25) is 0 Å². The highest BCUT2D eigenvalue weighted by atomic mass is 16.6. The molecule has 142 valence electrons. The Labute approximate surface area is 167 Å². The number of benzene rings is 3. The van der Waals surface area contributed by atoms with Crippen LogP contribution in [0.25, 0.3) is 0 Å². The van der Waals surface area contributed by atoms with Crippen LogP contribution < -0.4 is 10.1 Å². The number of nitrogens with one attached hydrogen (secondary N) is 1. The van der Waals surface area contributed by atoms with Crippen LogP contribution in [0.4, 0.5) is 17.1 Å². The average molecular weight is 384 g/mol. The summed E-state index contributed by atoms with van der Waals surface area (Å²) in [6, 6.07) is 18.5. The van der Waals surface area contributed by atoms with Gasteiger partial charge in [-0.3, -0.25) is 10.1 Å². The Morgan fingerprint density at radius 3 is 2.34 bits per heavy atom. The Kier molecular flexibility index (Phi) is 5.43. The molecule has 7 nitrogen and oxygen atoms in total. The molecule has 0 radical (unpaired) electrons. The van der Waals surface area contributed by atoms with Crippen LogP contribution in [-0.4, -0.2) is 4.92 Å². The van der Waals surface area contributed by atoms with Crippen molar-refractivity contribution in [3.05, 3.63) is 87.0 Å². The minimum atomic E-state index is -0.492. The van der Waals surface area contributed by atoms with Gasteiger partial charge in [0.05, 0.1) is 22.1 Å². The summed E-state index contributed by atoms with van der Waals surface area (Å²) in [5.74, 6) is 0.780. The van der Waals surface area contributed by atoms with E-state index in [4.69, 9.17) is 10.00 Å². The van der Waals surface area contributed by atoms with Gasteiger partial charge in [-0.15, -0.1) is 0 Å². The van der Waals surface area contributed by atoms with Gasteiger partial charge in [-0.1, -0.05) is 6.07 Å². The second-order valence-corrected chi connectivity index (χ2v) is 6.35. The molecule has 0 aliphatic carbocycles. The first-order valence-electron chi connectivity index (χ1n) is 8.66. The van der Waals surface area contributed by atoms with Crippen LogP contribution >= 0.6 is 0 Å². The highest BCUT2D eigenvalue weighted by Gasteiger charge is 2.17. The molecule has 0 saturated carbocycles. The zero-order valence-electron chi connectivity index (χ0n) is 15.8. The molecule has 0 heterocycles. The second-order valence-electron chi connectivity index (χ2n) is 6.35. The largest absolute Gasteiger partial charge is 0.456 e. The zero-order valence-corrected chi connectivity index (χ0v) is 15.8. The van der Waals surface area contributed by atoms with Crippen molar-refractivity contribution in [2.75, 3.05) is 5.32 Å². The quantitative estimate of drug-likeness (QED) is 0.460. The van der Waals surface area contributed by atoms with Crippen molar-refractivity contribution in [1.29, 1.82) is 10.5 Å². The van der Waals surface area contributed by atoms with Crippen LogP contribution in [0, 0.1) is 46.6 Å². The van der Waals surface area contributed by atoms with E-state index < -0.39 is 4.92 Å². The van der Waals surface area contributed by atoms with Crippen molar-refractivity contribution in [1.82, 2.24) is 0 Å². The van der Waals surface area contributed by atoms with Gasteiger partial charge in [0.25, 0.3) is 5.69 Å². The lowest BCUT2D eigenvalue weighted by Gasteiger charge is -2.14. The van der Waals surface area contributed by atoms with Gasteiger partial charge >= 0.3 is 0 Å². The van der Waals surface area contributed by atoms with Gasteiger partial charge in [-0.2, -0.15) is 10.5 Å². The Bertz CT molecular complexity index is 1170. The monoisotopic (exact) mass is 384 g/mol. The fourth-order valence-corrected chi connectivity index (χ4v) is 2.75. The molecule has 0 aliphatic heterocycles. The molecule has 0 bridgehead atoms. The maximum Gasteiger partial charge on any atom is 0.292 e. The predicted molar refractivity (Wildman–Crippen MR) is 108 cm³/mol. The Morgan fingerprint density at radius 1 is 1.00 bits per heavy atom. The molecule has 0 atom stereocenters. The van der Waals surface area contributed by atoms with Crippen molar-refractivity contribution in [3.8, 4) is 23.6 Å². The number of nitro benzene ring substituents is 1. The third kappa shape index (κ3) is 4.15. The van der Waals surface area contributed by atoms with Gasteiger partial charge in [0.15, 0.2) is 0 Å². The maximum atomic E-state index is 11.4. The lowest BCUT2D eigenvalue weighted by molar-refractivity contribution is -0.383. The van der Waals surface area contributed by atoms with Crippen molar-refractivity contribution < 1.29 is 9.66 Å². The van der Waals surface area contributed by atoms with E-state index in [-0.39, 0.29) is 11.4 Å². The number of hydrogen-bond donors (Lipinski definition) is 1. The van der Waals surface area contributed by atoms with Crippen LogP contribution in [0.2, 0.25) is 0 Å². The molecule has 3 aromatic rings. The first-order chi connectivity index (χ1) is 13.9. The lowest BCUT2D eigenvalue weighted by atomic mass is 10.1. The fourth-order valence-electron chi connectivity index (χ4n) is 2.75. The first-order valence-corrected chi connectivity index (χ1v) is 8.66. The number of nitro groups is 1. The molecule has 3 rings (SSSR count). The van der Waals surface area contributed by atoms with Crippen LogP contribution in [0.15, 0.2) is 54.6 Å². The molecular formula is C22H16N4O3. The average Bonchev–Trinajstić information content (AvgIpc) is 2.72. The summed E-state index contributed by atoms with van der Waals surface area (Å²) in [5, 5.41) is 32.7. The van der Waals surface area contributed by atoms with Crippen LogP contribution in [-0.2, 0) is 0 Å². The van der Waals surface area contributed by atoms with Crippen molar-refractivity contribution in [2.24, 2.45) is 0 Å². The van der Waals surface area contributed by atoms with Crippen LogP contribution in [0.5, 0.6) is 11.5 Å². The van der Waals surface area contributed by atoms with E-state index in [1.165, 1.54) is 18.2 Å². The summed E-state index contributed by atoms with van der Waals surface area (Å²) in [4.78, 5) is 10.9. The van der Waals surface area contributed by atoms with E-state index in [1.54, 1.807) is 30.3 Å². The summed E-state index contributed by atoms with van der Waals surface area (Å²) < 4.78 is 5.93. The van der Waals surface area contributed by atoms with Gasteiger partial charge in [0.1, 0.15) is 23.3 Å². The summed E-state index contributed by atoms with van der Waals surface area (Å²) in [5.41, 5.74) is 3.37. The van der Waals surface area contributed by atoms with E-state index in [0.29, 0.717) is 28.3 Å². The molecule has 0 unspecified atom stereocenters. The molecular weight excluding hydrogens is 368 g/mol. The van der Waals surface area contributed by atoms with E-state index in [1.807, 2.05) is 26.0 Å². The van der Waals surface area contributed by atoms with E-state index >= 15 is 0 Å². The molecule has 0 saturated heterocycles. The lowest BCUT2D eigenvalue weighted by Crippen LogP contribution is -1.99. The van der Waals surface area contributed by atoms with Crippen molar-refractivity contribution in [2.45, 2.75) is 13.8 Å². The van der Waals surface area contributed by atoms with Crippen molar-refractivity contribution >= 4 is 17.1 Å². The molecule has 0 spiro atoms. The molecule has 0 amide bonds. The number of ether oxygens (including phenoxy) is 1. The molecule has 0 aliphatic rings. The highest BCUT2D eigenvalue weighted by molar-refractivity contribution is 5.71. The molecule has 7 heteroatoms. The maximum absolute atomic E-state index is 11.4. The van der Waals surface area contributed by atoms with Gasteiger partial charge in [-0.25, -0.2) is 0 Å². The number of rotatable bonds is 5. The molecule has 29 heavy (non-hydrogen) atoms. The molecule has 0 fully saturated rings. The standard InChI is InChI=1S/C22H16N4O3/c1-14-3-6-17(13-24)22(15(14)2)29-19-9-10-21(26(27)28)20(11-19)25-18-7-4-16(12-23)5-8-18/h3-11,25H,1-2H3. The van der Waals surface area contributed by atoms with Crippen LogP contribution in [0.1, 0.15) is 22.3 Å². The molecule has 1 N–H and O–H groups in total. The Balaban J connectivity index is 1.99. The normalized spacial score (nSPS) is 9.93. The highest BCUT2D eigenvalue weighted by Crippen LogP contribution is 2.36. The van der Waals surface area contributed by atoms with Gasteiger partial charge < -0.3 is 10.1 Å². The minimum absolute atomic E-state index is 0.122.